The monoisotopic (exact) mass is 279 g/mol. The first-order valence-corrected chi connectivity index (χ1v) is 7.35. The Labute approximate surface area is 106 Å². The Morgan fingerprint density at radius 3 is 2.65 bits per heavy atom. The van der Waals surface area contributed by atoms with Crippen molar-refractivity contribution in [2.45, 2.75) is 23.8 Å². The summed E-state index contributed by atoms with van der Waals surface area (Å²) in [6, 6.07) is 2.90. The average Bonchev–Trinajstić information content (AvgIpc) is 2.77. The molecule has 1 unspecified atom stereocenters. The lowest BCUT2D eigenvalue weighted by atomic mass is 10.4. The number of hydrogen-bond acceptors (Lipinski definition) is 5. The molecule has 0 aliphatic heterocycles. The Hall–Kier alpha value is -0.470. The molecule has 0 bridgehead atoms. The summed E-state index contributed by atoms with van der Waals surface area (Å²) in [4.78, 5) is 0.636. The Balaban J connectivity index is 2.94. The van der Waals surface area contributed by atoms with Gasteiger partial charge in [0.05, 0.1) is 13.2 Å². The summed E-state index contributed by atoms with van der Waals surface area (Å²) in [6.45, 7) is 1.98. The van der Waals surface area contributed by atoms with Crippen molar-refractivity contribution in [3.05, 3.63) is 17.0 Å². The third-order valence-electron chi connectivity index (χ3n) is 2.45. The molecule has 0 radical (unpaired) electrons. The molecule has 0 aliphatic carbocycles. The van der Waals surface area contributed by atoms with Gasteiger partial charge in [0.25, 0.3) is 10.0 Å². The number of aliphatic hydroxyl groups is 1. The molecule has 0 aromatic carbocycles. The molecule has 5 nitrogen and oxygen atoms in total. The third kappa shape index (κ3) is 3.26. The lowest BCUT2D eigenvalue weighted by molar-refractivity contribution is 0.149. The van der Waals surface area contributed by atoms with Crippen LogP contribution in [-0.2, 0) is 21.4 Å². The van der Waals surface area contributed by atoms with E-state index in [4.69, 9.17) is 9.84 Å². The lowest BCUT2D eigenvalue weighted by Gasteiger charge is -2.22. The molecule has 7 heteroatoms. The summed E-state index contributed by atoms with van der Waals surface area (Å²) < 4.78 is 30.8. The first kappa shape index (κ1) is 14.6. The van der Waals surface area contributed by atoms with Crippen LogP contribution in [0.3, 0.4) is 0 Å². The fourth-order valence-corrected chi connectivity index (χ4v) is 4.06. The summed E-state index contributed by atoms with van der Waals surface area (Å²) >= 11 is 1.08. The van der Waals surface area contributed by atoms with E-state index in [1.807, 2.05) is 0 Å². The number of hydrogen-bond donors (Lipinski definition) is 1. The third-order valence-corrected chi connectivity index (χ3v) is 5.96. The summed E-state index contributed by atoms with van der Waals surface area (Å²) in [5.74, 6) is 0. The lowest BCUT2D eigenvalue weighted by Crippen LogP contribution is -2.37. The minimum absolute atomic E-state index is 0.141. The highest BCUT2D eigenvalue weighted by atomic mass is 32.2. The van der Waals surface area contributed by atoms with Crippen LogP contribution < -0.4 is 0 Å². The van der Waals surface area contributed by atoms with Crippen LogP contribution in [0.1, 0.15) is 11.8 Å². The highest BCUT2D eigenvalue weighted by Gasteiger charge is 2.26. The van der Waals surface area contributed by atoms with E-state index in [1.54, 1.807) is 13.0 Å². The number of methoxy groups -OCH3 is 1. The first-order valence-electron chi connectivity index (χ1n) is 5.10. The fourth-order valence-electron chi connectivity index (χ4n) is 1.31. The van der Waals surface area contributed by atoms with Crippen LogP contribution in [-0.4, -0.2) is 44.6 Å². The van der Waals surface area contributed by atoms with Crippen molar-refractivity contribution in [3.63, 3.8) is 0 Å². The van der Waals surface area contributed by atoms with Crippen molar-refractivity contribution >= 4 is 21.4 Å². The van der Waals surface area contributed by atoms with Gasteiger partial charge in [-0.05, 0) is 19.1 Å². The van der Waals surface area contributed by atoms with E-state index in [-0.39, 0.29) is 16.9 Å². The van der Waals surface area contributed by atoms with E-state index in [1.165, 1.54) is 24.5 Å². The van der Waals surface area contributed by atoms with Crippen molar-refractivity contribution in [2.75, 3.05) is 20.8 Å². The van der Waals surface area contributed by atoms with Crippen molar-refractivity contribution < 1.29 is 18.3 Å². The largest absolute Gasteiger partial charge is 0.391 e. The van der Waals surface area contributed by atoms with Gasteiger partial charge in [-0.15, -0.1) is 11.3 Å². The molecule has 0 saturated carbocycles. The molecule has 0 saturated heterocycles. The molecule has 1 heterocycles. The van der Waals surface area contributed by atoms with E-state index in [2.05, 4.69) is 0 Å². The Bertz CT molecular complexity index is 455. The van der Waals surface area contributed by atoms with Crippen LogP contribution >= 0.6 is 11.3 Å². The van der Waals surface area contributed by atoms with E-state index < -0.39 is 10.0 Å². The molecule has 1 rings (SSSR count). The summed E-state index contributed by atoms with van der Waals surface area (Å²) in [6.07, 6.45) is 0. The number of rotatable bonds is 6. The molecule has 1 aromatic heterocycles. The average molecular weight is 279 g/mol. The Kier molecular flexibility index (Phi) is 5.08. The summed E-state index contributed by atoms with van der Waals surface area (Å²) in [5.41, 5.74) is 0. The van der Waals surface area contributed by atoms with Gasteiger partial charge >= 0.3 is 0 Å². The van der Waals surface area contributed by atoms with Gasteiger partial charge < -0.3 is 9.84 Å². The Morgan fingerprint density at radius 1 is 1.53 bits per heavy atom. The molecule has 1 aromatic rings. The number of nitrogens with zero attached hydrogens (tertiary/aromatic N) is 1. The zero-order valence-corrected chi connectivity index (χ0v) is 11.7. The fraction of sp³-hybridized carbons (Fsp3) is 0.600. The number of aliphatic hydroxyl groups excluding tert-OH is 1. The van der Waals surface area contributed by atoms with Gasteiger partial charge in [-0.1, -0.05) is 0 Å². The molecule has 1 atom stereocenters. The highest BCUT2D eigenvalue weighted by Crippen LogP contribution is 2.25. The van der Waals surface area contributed by atoms with Gasteiger partial charge in [-0.3, -0.25) is 0 Å². The molecule has 1 N–H and O–H groups in total. The summed E-state index contributed by atoms with van der Waals surface area (Å²) in [7, 11) is -0.430. The van der Waals surface area contributed by atoms with Gasteiger partial charge in [0.1, 0.15) is 4.21 Å². The number of thiophene rings is 1. The van der Waals surface area contributed by atoms with Gasteiger partial charge in [-0.25, -0.2) is 8.42 Å². The van der Waals surface area contributed by atoms with Crippen LogP contribution in [0.2, 0.25) is 0 Å². The van der Waals surface area contributed by atoms with E-state index in [9.17, 15) is 8.42 Å². The maximum Gasteiger partial charge on any atom is 0.252 e. The predicted molar refractivity (Wildman–Crippen MR) is 66.5 cm³/mol. The normalized spacial score (nSPS) is 14.2. The SMILES string of the molecule is COCC(C)N(C)S(=O)(=O)c1ccc(CO)s1. The van der Waals surface area contributed by atoms with Crippen molar-refractivity contribution in [3.8, 4) is 0 Å². The molecule has 0 aliphatic rings. The molecule has 0 fully saturated rings. The minimum atomic E-state index is -3.49. The molecular weight excluding hydrogens is 262 g/mol. The standard InChI is InChI=1S/C10H17NO4S2/c1-8(7-15-3)11(2)17(13,14)10-5-4-9(6-12)16-10/h4-5,8,12H,6-7H2,1-3H3. The zero-order chi connectivity index (χ0) is 13.1. The maximum atomic E-state index is 12.2. The quantitative estimate of drug-likeness (QED) is 0.840. The van der Waals surface area contributed by atoms with Gasteiger partial charge in [0, 0.05) is 25.1 Å². The highest BCUT2D eigenvalue weighted by molar-refractivity contribution is 7.91. The van der Waals surface area contributed by atoms with Crippen LogP contribution in [0, 0.1) is 0 Å². The topological polar surface area (TPSA) is 66.8 Å². The second-order valence-electron chi connectivity index (χ2n) is 3.70. The first-order chi connectivity index (χ1) is 7.93. The van der Waals surface area contributed by atoms with E-state index in [0.717, 1.165) is 11.3 Å². The van der Waals surface area contributed by atoms with Gasteiger partial charge in [0.15, 0.2) is 0 Å². The zero-order valence-electron chi connectivity index (χ0n) is 10.1. The van der Waals surface area contributed by atoms with Crippen molar-refractivity contribution in [2.24, 2.45) is 0 Å². The van der Waals surface area contributed by atoms with Crippen LogP contribution in [0.4, 0.5) is 0 Å². The second kappa shape index (κ2) is 5.92. The molecule has 98 valence electrons. The molecule has 0 spiro atoms. The van der Waals surface area contributed by atoms with Crippen LogP contribution in [0.5, 0.6) is 0 Å². The summed E-state index contributed by atoms with van der Waals surface area (Å²) in [5, 5.41) is 8.93. The van der Waals surface area contributed by atoms with Crippen molar-refractivity contribution in [1.82, 2.24) is 4.31 Å². The smallest absolute Gasteiger partial charge is 0.252 e. The second-order valence-corrected chi connectivity index (χ2v) is 7.10. The number of sulfonamides is 1. The van der Waals surface area contributed by atoms with Crippen molar-refractivity contribution in [1.29, 1.82) is 0 Å². The number of likely N-dealkylation sites (N-methyl/N-ethyl adjacent to an activating group) is 1. The maximum absolute atomic E-state index is 12.2. The van der Waals surface area contributed by atoms with Crippen LogP contribution in [0.15, 0.2) is 16.3 Å². The number of ether oxygens (including phenoxy) is 1. The van der Waals surface area contributed by atoms with Crippen LogP contribution in [0.25, 0.3) is 0 Å². The van der Waals surface area contributed by atoms with Gasteiger partial charge in [0.2, 0.25) is 0 Å². The van der Waals surface area contributed by atoms with E-state index in [0.29, 0.717) is 11.5 Å². The molecule has 0 amide bonds. The van der Waals surface area contributed by atoms with E-state index >= 15 is 0 Å². The minimum Gasteiger partial charge on any atom is -0.391 e. The Morgan fingerprint density at radius 2 is 2.18 bits per heavy atom. The predicted octanol–water partition coefficient (Wildman–Crippen LogP) is 0.896. The molecule has 17 heavy (non-hydrogen) atoms. The molecular formula is C10H17NO4S2. The van der Waals surface area contributed by atoms with Gasteiger partial charge in [-0.2, -0.15) is 4.31 Å².